The number of carbonyl (C=O) groups is 1. The first kappa shape index (κ1) is 15.4. The molecular formula is C16H22BrNO2. The molecule has 110 valence electrons. The average molecular weight is 340 g/mol. The Morgan fingerprint density at radius 3 is 2.45 bits per heavy atom. The van der Waals surface area contributed by atoms with Crippen LogP contribution in [0.4, 0.5) is 0 Å². The van der Waals surface area contributed by atoms with Crippen LogP contribution in [0.2, 0.25) is 0 Å². The number of benzene rings is 1. The smallest absolute Gasteiger partial charge is 0.251 e. The molecule has 1 aromatic rings. The van der Waals surface area contributed by atoms with Crippen molar-refractivity contribution in [3.05, 3.63) is 28.2 Å². The van der Waals surface area contributed by atoms with Crippen LogP contribution in [0.3, 0.4) is 0 Å². The molecule has 1 aromatic carbocycles. The van der Waals surface area contributed by atoms with Gasteiger partial charge in [0.1, 0.15) is 5.75 Å². The lowest BCUT2D eigenvalue weighted by molar-refractivity contribution is 0.0911. The SMILES string of the molecule is COc1ccc(C(=O)NC2CC(C)CC(C)C2)cc1Br. The van der Waals surface area contributed by atoms with Crippen molar-refractivity contribution in [2.45, 2.75) is 39.2 Å². The van der Waals surface area contributed by atoms with Crippen LogP contribution >= 0.6 is 15.9 Å². The van der Waals surface area contributed by atoms with E-state index in [1.54, 1.807) is 13.2 Å². The minimum atomic E-state index is -0.000321. The van der Waals surface area contributed by atoms with Gasteiger partial charge in [0.25, 0.3) is 5.91 Å². The molecule has 1 aliphatic carbocycles. The average Bonchev–Trinajstić information content (AvgIpc) is 2.37. The van der Waals surface area contributed by atoms with Crippen LogP contribution in [0.1, 0.15) is 43.5 Å². The van der Waals surface area contributed by atoms with Gasteiger partial charge in [-0.3, -0.25) is 4.79 Å². The van der Waals surface area contributed by atoms with Crippen LogP contribution in [0.15, 0.2) is 22.7 Å². The summed E-state index contributed by atoms with van der Waals surface area (Å²) in [5, 5.41) is 3.16. The zero-order chi connectivity index (χ0) is 14.7. The van der Waals surface area contributed by atoms with E-state index in [-0.39, 0.29) is 5.91 Å². The van der Waals surface area contributed by atoms with Crippen LogP contribution in [-0.2, 0) is 0 Å². The number of nitrogens with one attached hydrogen (secondary N) is 1. The maximum atomic E-state index is 12.3. The van der Waals surface area contributed by atoms with Gasteiger partial charge in [-0.05, 0) is 65.2 Å². The summed E-state index contributed by atoms with van der Waals surface area (Å²) in [5.74, 6) is 2.11. The largest absolute Gasteiger partial charge is 0.496 e. The predicted molar refractivity (Wildman–Crippen MR) is 84.1 cm³/mol. The molecule has 0 radical (unpaired) electrons. The van der Waals surface area contributed by atoms with Gasteiger partial charge >= 0.3 is 0 Å². The summed E-state index contributed by atoms with van der Waals surface area (Å²) in [6, 6.07) is 5.71. The van der Waals surface area contributed by atoms with Crippen molar-refractivity contribution in [1.29, 1.82) is 0 Å². The number of hydrogen-bond acceptors (Lipinski definition) is 2. The van der Waals surface area contributed by atoms with Gasteiger partial charge in [0, 0.05) is 11.6 Å². The van der Waals surface area contributed by atoms with Gasteiger partial charge in [0.15, 0.2) is 0 Å². The highest BCUT2D eigenvalue weighted by atomic mass is 79.9. The molecule has 3 nitrogen and oxygen atoms in total. The summed E-state index contributed by atoms with van der Waals surface area (Å²) in [7, 11) is 1.62. The molecule has 1 fully saturated rings. The number of halogens is 1. The number of methoxy groups -OCH3 is 1. The molecule has 4 heteroatoms. The van der Waals surface area contributed by atoms with Gasteiger partial charge in [-0.2, -0.15) is 0 Å². The van der Waals surface area contributed by atoms with Crippen molar-refractivity contribution in [2.24, 2.45) is 11.8 Å². The summed E-state index contributed by atoms with van der Waals surface area (Å²) in [6.45, 7) is 4.53. The Labute approximate surface area is 129 Å². The van der Waals surface area contributed by atoms with Crippen LogP contribution in [0.25, 0.3) is 0 Å². The molecule has 0 bridgehead atoms. The standard InChI is InChI=1S/C16H22BrNO2/c1-10-6-11(2)8-13(7-10)18-16(19)12-4-5-15(20-3)14(17)9-12/h4-5,9-11,13H,6-8H2,1-3H3,(H,18,19). The highest BCUT2D eigenvalue weighted by Gasteiger charge is 2.25. The summed E-state index contributed by atoms with van der Waals surface area (Å²) < 4.78 is 5.98. The van der Waals surface area contributed by atoms with Crippen LogP contribution in [0.5, 0.6) is 5.75 Å². The van der Waals surface area contributed by atoms with Crippen LogP contribution < -0.4 is 10.1 Å². The monoisotopic (exact) mass is 339 g/mol. The van der Waals surface area contributed by atoms with E-state index in [0.29, 0.717) is 23.4 Å². The second kappa shape index (κ2) is 6.61. The van der Waals surface area contributed by atoms with Crippen molar-refractivity contribution in [1.82, 2.24) is 5.32 Å². The van der Waals surface area contributed by atoms with Crippen molar-refractivity contribution >= 4 is 21.8 Å². The molecule has 1 aliphatic rings. The van der Waals surface area contributed by atoms with E-state index >= 15 is 0 Å². The number of amides is 1. The number of carbonyl (C=O) groups excluding carboxylic acids is 1. The Bertz CT molecular complexity index is 479. The maximum Gasteiger partial charge on any atom is 0.251 e. The van der Waals surface area contributed by atoms with Gasteiger partial charge in [-0.1, -0.05) is 13.8 Å². The Morgan fingerprint density at radius 1 is 1.25 bits per heavy atom. The van der Waals surface area contributed by atoms with E-state index in [9.17, 15) is 4.79 Å². The first-order valence-corrected chi connectivity index (χ1v) is 7.93. The highest BCUT2D eigenvalue weighted by molar-refractivity contribution is 9.10. The van der Waals surface area contributed by atoms with Crippen molar-refractivity contribution in [2.75, 3.05) is 7.11 Å². The second-order valence-electron chi connectivity index (χ2n) is 5.94. The molecule has 0 aromatic heterocycles. The molecular weight excluding hydrogens is 318 g/mol. The zero-order valence-corrected chi connectivity index (χ0v) is 13.9. The van der Waals surface area contributed by atoms with Crippen LogP contribution in [0, 0.1) is 11.8 Å². The molecule has 1 amide bonds. The molecule has 0 heterocycles. The summed E-state index contributed by atoms with van der Waals surface area (Å²) in [6.07, 6.45) is 3.42. The zero-order valence-electron chi connectivity index (χ0n) is 12.3. The minimum Gasteiger partial charge on any atom is -0.496 e. The molecule has 0 saturated heterocycles. The molecule has 2 unspecified atom stereocenters. The van der Waals surface area contributed by atoms with E-state index < -0.39 is 0 Å². The lowest BCUT2D eigenvalue weighted by Crippen LogP contribution is -2.40. The van der Waals surface area contributed by atoms with Crippen molar-refractivity contribution in [3.8, 4) is 5.75 Å². The third kappa shape index (κ3) is 3.75. The first-order valence-electron chi connectivity index (χ1n) is 7.14. The molecule has 20 heavy (non-hydrogen) atoms. The van der Waals surface area contributed by atoms with Gasteiger partial charge in [-0.25, -0.2) is 0 Å². The third-order valence-electron chi connectivity index (χ3n) is 3.93. The summed E-state index contributed by atoms with van der Waals surface area (Å²) >= 11 is 3.41. The first-order chi connectivity index (χ1) is 9.49. The minimum absolute atomic E-state index is 0.000321. The van der Waals surface area contributed by atoms with Crippen LogP contribution in [-0.4, -0.2) is 19.1 Å². The third-order valence-corrected chi connectivity index (χ3v) is 4.55. The molecule has 2 rings (SSSR count). The van der Waals surface area contributed by atoms with Crippen molar-refractivity contribution in [3.63, 3.8) is 0 Å². The molecule has 1 saturated carbocycles. The number of ether oxygens (including phenoxy) is 1. The Hall–Kier alpha value is -1.03. The second-order valence-corrected chi connectivity index (χ2v) is 6.79. The van der Waals surface area contributed by atoms with E-state index in [1.807, 2.05) is 12.1 Å². The topological polar surface area (TPSA) is 38.3 Å². The van der Waals surface area contributed by atoms with E-state index in [1.165, 1.54) is 6.42 Å². The fourth-order valence-corrected chi connectivity index (χ4v) is 3.68. The van der Waals surface area contributed by atoms with Gasteiger partial charge in [0.2, 0.25) is 0 Å². The van der Waals surface area contributed by atoms with E-state index in [2.05, 4.69) is 35.1 Å². The van der Waals surface area contributed by atoms with Gasteiger partial charge in [-0.15, -0.1) is 0 Å². The lowest BCUT2D eigenvalue weighted by Gasteiger charge is -2.32. The number of hydrogen-bond donors (Lipinski definition) is 1. The predicted octanol–water partition coefficient (Wildman–Crippen LogP) is 4.01. The Kier molecular flexibility index (Phi) is 5.08. The molecule has 1 N–H and O–H groups in total. The summed E-state index contributed by atoms with van der Waals surface area (Å²) in [5.41, 5.74) is 0.670. The molecule has 2 atom stereocenters. The van der Waals surface area contributed by atoms with Gasteiger partial charge in [0.05, 0.1) is 11.6 Å². The fourth-order valence-electron chi connectivity index (χ4n) is 3.14. The highest BCUT2D eigenvalue weighted by Crippen LogP contribution is 2.29. The van der Waals surface area contributed by atoms with E-state index in [0.717, 1.165) is 23.1 Å². The maximum absolute atomic E-state index is 12.3. The Morgan fingerprint density at radius 2 is 1.90 bits per heavy atom. The van der Waals surface area contributed by atoms with Crippen molar-refractivity contribution < 1.29 is 9.53 Å². The number of rotatable bonds is 3. The summed E-state index contributed by atoms with van der Waals surface area (Å²) in [4.78, 5) is 12.3. The fraction of sp³-hybridized carbons (Fsp3) is 0.562. The quantitative estimate of drug-likeness (QED) is 0.903. The Balaban J connectivity index is 2.02. The molecule has 0 spiro atoms. The normalized spacial score (nSPS) is 26.1. The van der Waals surface area contributed by atoms with Gasteiger partial charge < -0.3 is 10.1 Å². The lowest BCUT2D eigenvalue weighted by atomic mass is 9.80. The molecule has 0 aliphatic heterocycles. The van der Waals surface area contributed by atoms with E-state index in [4.69, 9.17) is 4.74 Å².